The van der Waals surface area contributed by atoms with E-state index in [1.54, 1.807) is 7.11 Å². The highest BCUT2D eigenvalue weighted by Crippen LogP contribution is 2.27. The second kappa shape index (κ2) is 9.08. The summed E-state index contributed by atoms with van der Waals surface area (Å²) in [5.41, 5.74) is 1.97. The van der Waals surface area contributed by atoms with Crippen molar-refractivity contribution in [3.63, 3.8) is 0 Å². The Balaban J connectivity index is 2.21. The number of aromatic nitrogens is 1. The summed E-state index contributed by atoms with van der Waals surface area (Å²) in [5.74, 6) is 0.833. The van der Waals surface area contributed by atoms with E-state index < -0.39 is 0 Å². The van der Waals surface area contributed by atoms with E-state index in [1.807, 2.05) is 36.5 Å². The summed E-state index contributed by atoms with van der Waals surface area (Å²) in [6.45, 7) is 12.5. The third kappa shape index (κ3) is 4.36. The maximum absolute atomic E-state index is 5.42. The fourth-order valence-electron chi connectivity index (χ4n) is 2.88. The highest BCUT2D eigenvalue weighted by molar-refractivity contribution is 5.91. The Kier molecular flexibility index (Phi) is 6.82. The molecule has 1 heterocycles. The molecule has 0 amide bonds. The summed E-state index contributed by atoms with van der Waals surface area (Å²) >= 11 is 0. The maximum Gasteiger partial charge on any atom is 0.121 e. The number of hydrogen-bond donors (Lipinski definition) is 1. The van der Waals surface area contributed by atoms with Crippen molar-refractivity contribution in [3.05, 3.63) is 55.8 Å². The van der Waals surface area contributed by atoms with Crippen LogP contribution in [0.25, 0.3) is 10.9 Å². The molecule has 128 valence electrons. The van der Waals surface area contributed by atoms with E-state index in [9.17, 15) is 0 Å². The van der Waals surface area contributed by atoms with E-state index in [0.717, 1.165) is 48.4 Å². The highest BCUT2D eigenvalue weighted by atomic mass is 16.5. The molecular formula is C20H27N3O. The van der Waals surface area contributed by atoms with Gasteiger partial charge in [-0.05, 0) is 18.6 Å². The predicted molar refractivity (Wildman–Crippen MR) is 103 cm³/mol. The molecule has 0 fully saturated rings. The molecule has 2 aromatic rings. The van der Waals surface area contributed by atoms with E-state index in [1.165, 1.54) is 0 Å². The molecule has 1 aromatic carbocycles. The molecule has 0 aliphatic carbocycles. The molecule has 4 heteroatoms. The topological polar surface area (TPSA) is 37.4 Å². The van der Waals surface area contributed by atoms with E-state index in [2.05, 4.69) is 41.3 Å². The predicted octanol–water partition coefficient (Wildman–Crippen LogP) is 4.11. The molecule has 0 saturated heterocycles. The number of pyridine rings is 1. The monoisotopic (exact) mass is 325 g/mol. The Bertz CT molecular complexity index is 674. The number of ether oxygens (including phenoxy) is 1. The van der Waals surface area contributed by atoms with Crippen LogP contribution in [0.5, 0.6) is 5.75 Å². The van der Waals surface area contributed by atoms with Crippen molar-refractivity contribution in [2.45, 2.75) is 19.4 Å². The molecular weight excluding hydrogens is 298 g/mol. The fourth-order valence-corrected chi connectivity index (χ4v) is 2.88. The van der Waals surface area contributed by atoms with Gasteiger partial charge < -0.3 is 10.1 Å². The van der Waals surface area contributed by atoms with Gasteiger partial charge in [-0.15, -0.1) is 13.2 Å². The fraction of sp³-hybridized carbons (Fsp3) is 0.350. The molecule has 2 rings (SSSR count). The molecule has 0 radical (unpaired) electrons. The van der Waals surface area contributed by atoms with Crippen LogP contribution in [0.15, 0.2) is 55.8 Å². The maximum atomic E-state index is 5.42. The summed E-state index contributed by atoms with van der Waals surface area (Å²) < 4.78 is 5.42. The number of rotatable bonds is 10. The zero-order valence-electron chi connectivity index (χ0n) is 14.7. The zero-order valence-corrected chi connectivity index (χ0v) is 14.7. The van der Waals surface area contributed by atoms with Crippen molar-refractivity contribution in [2.75, 3.05) is 32.1 Å². The molecule has 1 aromatic heterocycles. The van der Waals surface area contributed by atoms with Crippen molar-refractivity contribution in [3.8, 4) is 5.75 Å². The van der Waals surface area contributed by atoms with E-state index in [0.29, 0.717) is 6.04 Å². The SMILES string of the molecule is C=CCN(CC=C)C(CC)CNc1cc(OC)cc2cccnc12. The van der Waals surface area contributed by atoms with E-state index in [-0.39, 0.29) is 0 Å². The van der Waals surface area contributed by atoms with Crippen LogP contribution in [0.3, 0.4) is 0 Å². The Morgan fingerprint density at radius 1 is 1.29 bits per heavy atom. The summed E-state index contributed by atoms with van der Waals surface area (Å²) in [6.07, 6.45) is 6.74. The first kappa shape index (κ1) is 18.0. The van der Waals surface area contributed by atoms with Crippen molar-refractivity contribution in [1.82, 2.24) is 9.88 Å². The van der Waals surface area contributed by atoms with Crippen LogP contribution in [0, 0.1) is 0 Å². The van der Waals surface area contributed by atoms with Crippen LogP contribution in [0.4, 0.5) is 5.69 Å². The van der Waals surface area contributed by atoms with Crippen LogP contribution in [-0.4, -0.2) is 42.7 Å². The van der Waals surface area contributed by atoms with Gasteiger partial charge in [0.05, 0.1) is 18.3 Å². The molecule has 0 aliphatic heterocycles. The van der Waals surface area contributed by atoms with E-state index in [4.69, 9.17) is 4.74 Å². The highest BCUT2D eigenvalue weighted by Gasteiger charge is 2.15. The lowest BCUT2D eigenvalue weighted by molar-refractivity contribution is 0.243. The van der Waals surface area contributed by atoms with Crippen molar-refractivity contribution in [2.24, 2.45) is 0 Å². The quantitative estimate of drug-likeness (QED) is 0.667. The summed E-state index contributed by atoms with van der Waals surface area (Å²) in [4.78, 5) is 6.88. The molecule has 1 N–H and O–H groups in total. The molecule has 1 unspecified atom stereocenters. The Morgan fingerprint density at radius 3 is 2.67 bits per heavy atom. The molecule has 0 aliphatic rings. The first-order chi connectivity index (χ1) is 11.7. The third-order valence-corrected chi connectivity index (χ3v) is 4.16. The normalized spacial score (nSPS) is 12.1. The van der Waals surface area contributed by atoms with Gasteiger partial charge in [-0.25, -0.2) is 0 Å². The molecule has 0 saturated carbocycles. The van der Waals surface area contributed by atoms with Gasteiger partial charge in [0.25, 0.3) is 0 Å². The first-order valence-electron chi connectivity index (χ1n) is 8.36. The van der Waals surface area contributed by atoms with Crippen LogP contribution in [-0.2, 0) is 0 Å². The van der Waals surface area contributed by atoms with Gasteiger partial charge in [-0.2, -0.15) is 0 Å². The number of fused-ring (bicyclic) bond motifs is 1. The lowest BCUT2D eigenvalue weighted by atomic mass is 10.1. The standard InChI is InChI=1S/C20H27N3O/c1-5-11-23(12-6-2)17(7-3)15-22-19-14-18(24-4)13-16-9-8-10-21-20(16)19/h5-6,8-10,13-14,17,22H,1-2,7,11-12,15H2,3-4H3. The van der Waals surface area contributed by atoms with Gasteiger partial charge in [0.15, 0.2) is 0 Å². The van der Waals surface area contributed by atoms with Gasteiger partial charge in [0.2, 0.25) is 0 Å². The summed E-state index contributed by atoms with van der Waals surface area (Å²) in [5, 5.41) is 4.63. The Hall–Kier alpha value is -2.33. The minimum Gasteiger partial charge on any atom is -0.497 e. The molecule has 4 nitrogen and oxygen atoms in total. The van der Waals surface area contributed by atoms with Crippen LogP contribution in [0.2, 0.25) is 0 Å². The Morgan fingerprint density at radius 2 is 2.04 bits per heavy atom. The molecule has 24 heavy (non-hydrogen) atoms. The van der Waals surface area contributed by atoms with Crippen LogP contribution in [0.1, 0.15) is 13.3 Å². The first-order valence-corrected chi connectivity index (χ1v) is 8.36. The van der Waals surface area contributed by atoms with Crippen LogP contribution >= 0.6 is 0 Å². The number of anilines is 1. The van der Waals surface area contributed by atoms with Gasteiger partial charge in [-0.1, -0.05) is 25.1 Å². The summed E-state index contributed by atoms with van der Waals surface area (Å²) in [6, 6.07) is 8.40. The van der Waals surface area contributed by atoms with Gasteiger partial charge >= 0.3 is 0 Å². The minimum absolute atomic E-state index is 0.394. The van der Waals surface area contributed by atoms with Gasteiger partial charge in [0, 0.05) is 43.3 Å². The van der Waals surface area contributed by atoms with Gasteiger partial charge in [-0.3, -0.25) is 9.88 Å². The summed E-state index contributed by atoms with van der Waals surface area (Å²) in [7, 11) is 1.69. The number of methoxy groups -OCH3 is 1. The third-order valence-electron chi connectivity index (χ3n) is 4.16. The van der Waals surface area contributed by atoms with Crippen LogP contribution < -0.4 is 10.1 Å². The van der Waals surface area contributed by atoms with E-state index >= 15 is 0 Å². The van der Waals surface area contributed by atoms with Crippen molar-refractivity contribution >= 4 is 16.6 Å². The molecule has 0 bridgehead atoms. The largest absolute Gasteiger partial charge is 0.497 e. The number of benzene rings is 1. The molecule has 0 spiro atoms. The zero-order chi connectivity index (χ0) is 17.4. The smallest absolute Gasteiger partial charge is 0.121 e. The molecule has 1 atom stereocenters. The lowest BCUT2D eigenvalue weighted by Gasteiger charge is -2.29. The number of nitrogens with zero attached hydrogens (tertiary/aromatic N) is 2. The average Bonchev–Trinajstić information content (AvgIpc) is 2.62. The number of nitrogens with one attached hydrogen (secondary N) is 1. The second-order valence-electron chi connectivity index (χ2n) is 5.72. The minimum atomic E-state index is 0.394. The Labute approximate surface area is 144 Å². The van der Waals surface area contributed by atoms with Crippen molar-refractivity contribution < 1.29 is 4.74 Å². The second-order valence-corrected chi connectivity index (χ2v) is 5.72. The number of hydrogen-bond acceptors (Lipinski definition) is 4. The van der Waals surface area contributed by atoms with Crippen molar-refractivity contribution in [1.29, 1.82) is 0 Å². The van der Waals surface area contributed by atoms with Gasteiger partial charge in [0.1, 0.15) is 5.75 Å². The average molecular weight is 325 g/mol. The lowest BCUT2D eigenvalue weighted by Crippen LogP contribution is -2.40.